The number of para-hydroxylation sites is 1. The van der Waals surface area contributed by atoms with E-state index in [9.17, 15) is 9.59 Å². The predicted molar refractivity (Wildman–Crippen MR) is 77.5 cm³/mol. The van der Waals surface area contributed by atoms with Gasteiger partial charge in [0.15, 0.2) is 0 Å². The van der Waals surface area contributed by atoms with Gasteiger partial charge in [-0.25, -0.2) is 0 Å². The average molecular weight is 272 g/mol. The van der Waals surface area contributed by atoms with Crippen LogP contribution in [0.4, 0.5) is 5.69 Å². The quantitative estimate of drug-likeness (QED) is 0.885. The molecule has 0 spiro atoms. The second kappa shape index (κ2) is 5.65. The van der Waals surface area contributed by atoms with Crippen molar-refractivity contribution in [1.29, 1.82) is 0 Å². The van der Waals surface area contributed by atoms with Gasteiger partial charge in [-0.2, -0.15) is 0 Å². The molecule has 0 heterocycles. The Morgan fingerprint density at radius 3 is 2.40 bits per heavy atom. The Bertz CT molecular complexity index is 517. The van der Waals surface area contributed by atoms with E-state index in [0.29, 0.717) is 11.3 Å². The van der Waals surface area contributed by atoms with E-state index in [1.807, 2.05) is 12.1 Å². The van der Waals surface area contributed by atoms with Crippen LogP contribution >= 0.6 is 0 Å². The van der Waals surface area contributed by atoms with E-state index < -0.39 is 0 Å². The Hall–Kier alpha value is -1.84. The van der Waals surface area contributed by atoms with Gasteiger partial charge < -0.3 is 10.6 Å². The highest BCUT2D eigenvalue weighted by Gasteiger charge is 2.30. The fourth-order valence-electron chi connectivity index (χ4n) is 2.70. The molecule has 106 valence electrons. The summed E-state index contributed by atoms with van der Waals surface area (Å²) in [5, 5.41) is 5.94. The van der Waals surface area contributed by atoms with Crippen molar-refractivity contribution in [2.45, 2.75) is 44.6 Å². The van der Waals surface area contributed by atoms with Crippen molar-refractivity contribution in [3.05, 3.63) is 29.8 Å². The van der Waals surface area contributed by atoms with E-state index in [-0.39, 0.29) is 23.8 Å². The van der Waals surface area contributed by atoms with Crippen LogP contribution in [-0.2, 0) is 4.79 Å². The van der Waals surface area contributed by atoms with Crippen molar-refractivity contribution in [3.8, 4) is 0 Å². The zero-order chi connectivity index (χ0) is 13.9. The summed E-state index contributed by atoms with van der Waals surface area (Å²) in [6.45, 7) is 0. The van der Waals surface area contributed by atoms with Gasteiger partial charge in [-0.15, -0.1) is 0 Å². The van der Waals surface area contributed by atoms with Crippen LogP contribution in [-0.4, -0.2) is 17.9 Å². The second-order valence-electron chi connectivity index (χ2n) is 5.76. The largest absolute Gasteiger partial charge is 0.349 e. The molecule has 20 heavy (non-hydrogen) atoms. The van der Waals surface area contributed by atoms with Crippen molar-refractivity contribution in [2.75, 3.05) is 5.32 Å². The third kappa shape index (κ3) is 3.00. The van der Waals surface area contributed by atoms with Gasteiger partial charge >= 0.3 is 0 Å². The number of anilines is 1. The topological polar surface area (TPSA) is 58.2 Å². The molecule has 2 aliphatic carbocycles. The highest BCUT2D eigenvalue weighted by Crippen LogP contribution is 2.30. The number of carbonyl (C=O) groups is 2. The van der Waals surface area contributed by atoms with Gasteiger partial charge in [0.1, 0.15) is 0 Å². The molecule has 4 heteroatoms. The van der Waals surface area contributed by atoms with Gasteiger partial charge in [0.2, 0.25) is 5.91 Å². The zero-order valence-corrected chi connectivity index (χ0v) is 11.5. The number of hydrogen-bond donors (Lipinski definition) is 2. The Morgan fingerprint density at radius 2 is 1.70 bits per heavy atom. The lowest BCUT2D eigenvalue weighted by Gasteiger charge is -2.14. The van der Waals surface area contributed by atoms with Crippen molar-refractivity contribution in [2.24, 2.45) is 5.92 Å². The summed E-state index contributed by atoms with van der Waals surface area (Å²) in [4.78, 5) is 24.2. The van der Waals surface area contributed by atoms with Gasteiger partial charge in [-0.05, 0) is 37.8 Å². The van der Waals surface area contributed by atoms with Gasteiger partial charge in [0, 0.05) is 12.0 Å². The number of hydrogen-bond acceptors (Lipinski definition) is 2. The van der Waals surface area contributed by atoms with Gasteiger partial charge in [-0.3, -0.25) is 9.59 Å². The summed E-state index contributed by atoms with van der Waals surface area (Å²) in [6.07, 6.45) is 6.41. The van der Waals surface area contributed by atoms with Crippen LogP contribution in [0.2, 0.25) is 0 Å². The monoisotopic (exact) mass is 272 g/mol. The van der Waals surface area contributed by atoms with Crippen LogP contribution in [0, 0.1) is 5.92 Å². The molecule has 1 aromatic rings. The number of nitrogens with one attached hydrogen (secondary N) is 2. The lowest BCUT2D eigenvalue weighted by atomic mass is 10.1. The minimum absolute atomic E-state index is 0.0334. The molecule has 0 aliphatic heterocycles. The smallest absolute Gasteiger partial charge is 0.253 e. The van der Waals surface area contributed by atoms with E-state index >= 15 is 0 Å². The third-order valence-electron chi connectivity index (χ3n) is 4.07. The summed E-state index contributed by atoms with van der Waals surface area (Å²) >= 11 is 0. The number of rotatable bonds is 4. The van der Waals surface area contributed by atoms with Crippen LogP contribution < -0.4 is 10.6 Å². The van der Waals surface area contributed by atoms with Gasteiger partial charge in [0.25, 0.3) is 5.91 Å². The summed E-state index contributed by atoms with van der Waals surface area (Å²) in [5.74, 6) is 0.0932. The average Bonchev–Trinajstić information content (AvgIpc) is 3.19. The number of carbonyl (C=O) groups excluding carboxylic acids is 2. The lowest BCUT2D eigenvalue weighted by Crippen LogP contribution is -2.33. The van der Waals surface area contributed by atoms with Crippen molar-refractivity contribution < 1.29 is 9.59 Å². The minimum Gasteiger partial charge on any atom is -0.349 e. The molecule has 0 aromatic heterocycles. The van der Waals surface area contributed by atoms with E-state index in [4.69, 9.17) is 0 Å². The molecule has 2 amide bonds. The minimum atomic E-state index is -0.0800. The fourth-order valence-corrected chi connectivity index (χ4v) is 2.70. The van der Waals surface area contributed by atoms with Gasteiger partial charge in [-0.1, -0.05) is 25.0 Å². The highest BCUT2D eigenvalue weighted by molar-refractivity contribution is 6.04. The normalized spacial score (nSPS) is 18.8. The molecular formula is C16H20N2O2. The predicted octanol–water partition coefficient (Wildman–Crippen LogP) is 2.71. The van der Waals surface area contributed by atoms with E-state index in [0.717, 1.165) is 25.7 Å². The molecule has 0 bridgehead atoms. The van der Waals surface area contributed by atoms with E-state index in [1.165, 1.54) is 12.8 Å². The first-order chi connectivity index (χ1) is 9.74. The maximum absolute atomic E-state index is 12.3. The van der Waals surface area contributed by atoms with E-state index in [2.05, 4.69) is 10.6 Å². The maximum atomic E-state index is 12.3. The summed E-state index contributed by atoms with van der Waals surface area (Å²) in [5.41, 5.74) is 1.19. The first kappa shape index (κ1) is 13.2. The molecule has 3 rings (SSSR count). The molecule has 0 radical (unpaired) electrons. The molecule has 0 unspecified atom stereocenters. The van der Waals surface area contributed by atoms with E-state index in [1.54, 1.807) is 12.1 Å². The molecule has 2 fully saturated rings. The SMILES string of the molecule is O=C(NC1CCCC1)c1ccccc1NC(=O)C1CC1. The van der Waals surface area contributed by atoms with Crippen LogP contribution in [0.25, 0.3) is 0 Å². The molecule has 4 nitrogen and oxygen atoms in total. The molecule has 0 saturated heterocycles. The number of amides is 2. The summed E-state index contributed by atoms with van der Waals surface area (Å²) < 4.78 is 0. The molecule has 1 aromatic carbocycles. The first-order valence-corrected chi connectivity index (χ1v) is 7.45. The maximum Gasteiger partial charge on any atom is 0.253 e. The van der Waals surface area contributed by atoms with Crippen LogP contribution in [0.5, 0.6) is 0 Å². The molecular weight excluding hydrogens is 252 g/mol. The summed E-state index contributed by atoms with van der Waals surface area (Å²) in [6, 6.07) is 7.52. The zero-order valence-electron chi connectivity index (χ0n) is 11.5. The van der Waals surface area contributed by atoms with Crippen molar-refractivity contribution in [3.63, 3.8) is 0 Å². The lowest BCUT2D eigenvalue weighted by molar-refractivity contribution is -0.117. The van der Waals surface area contributed by atoms with Crippen LogP contribution in [0.15, 0.2) is 24.3 Å². The van der Waals surface area contributed by atoms with Gasteiger partial charge in [0.05, 0.1) is 11.3 Å². The Kier molecular flexibility index (Phi) is 3.72. The highest BCUT2D eigenvalue weighted by atomic mass is 16.2. The molecule has 0 atom stereocenters. The Balaban J connectivity index is 1.70. The van der Waals surface area contributed by atoms with Crippen molar-refractivity contribution in [1.82, 2.24) is 5.32 Å². The fraction of sp³-hybridized carbons (Fsp3) is 0.500. The third-order valence-corrected chi connectivity index (χ3v) is 4.07. The van der Waals surface area contributed by atoms with Crippen LogP contribution in [0.1, 0.15) is 48.9 Å². The molecule has 2 aliphatic rings. The second-order valence-corrected chi connectivity index (χ2v) is 5.76. The Labute approximate surface area is 118 Å². The standard InChI is InChI=1S/C16H20N2O2/c19-15(11-9-10-11)18-14-8-4-3-7-13(14)16(20)17-12-5-1-2-6-12/h3-4,7-8,11-12H,1-2,5-6,9-10H2,(H,17,20)(H,18,19). The van der Waals surface area contributed by atoms with Crippen LogP contribution in [0.3, 0.4) is 0 Å². The molecule has 2 N–H and O–H groups in total. The summed E-state index contributed by atoms with van der Waals surface area (Å²) in [7, 11) is 0. The number of benzene rings is 1. The first-order valence-electron chi connectivity index (χ1n) is 7.45. The van der Waals surface area contributed by atoms with Crippen molar-refractivity contribution >= 4 is 17.5 Å². The Morgan fingerprint density at radius 1 is 1.00 bits per heavy atom. The molecule has 2 saturated carbocycles.